The van der Waals surface area contributed by atoms with Crippen LogP contribution in [-0.2, 0) is 5.60 Å². The number of aliphatic hydroxyl groups is 1. The third kappa shape index (κ3) is 3.62. The van der Waals surface area contributed by atoms with Crippen LogP contribution in [0.4, 0.5) is 9.18 Å². The van der Waals surface area contributed by atoms with E-state index in [1.165, 1.54) is 31.3 Å². The summed E-state index contributed by atoms with van der Waals surface area (Å²) in [6.45, 7) is 0.660. The van der Waals surface area contributed by atoms with Crippen molar-refractivity contribution in [2.24, 2.45) is 5.92 Å². The van der Waals surface area contributed by atoms with Gasteiger partial charge < -0.3 is 24.6 Å². The van der Waals surface area contributed by atoms with Crippen molar-refractivity contribution in [1.29, 1.82) is 0 Å². The molecule has 150 valence electrons. The predicted octanol–water partition coefficient (Wildman–Crippen LogP) is 3.47. The first-order chi connectivity index (χ1) is 13.4. The van der Waals surface area contributed by atoms with Crippen LogP contribution in [0.2, 0.25) is 0 Å². The zero-order valence-corrected chi connectivity index (χ0v) is 15.9. The number of likely N-dealkylation sites (tertiary alicyclic amines) is 1. The fourth-order valence-electron chi connectivity index (χ4n) is 3.90. The maximum atomic E-state index is 13.5. The zero-order valence-electron chi connectivity index (χ0n) is 15.9. The Balaban J connectivity index is 2.05. The second-order valence-corrected chi connectivity index (χ2v) is 6.89. The summed E-state index contributed by atoms with van der Waals surface area (Å²) in [5.41, 5.74) is -0.280. The Kier molecular flexibility index (Phi) is 5.74. The van der Waals surface area contributed by atoms with Crippen LogP contribution in [0.25, 0.3) is 0 Å². The lowest BCUT2D eigenvalue weighted by Gasteiger charge is -2.41. The van der Waals surface area contributed by atoms with Gasteiger partial charge in [-0.25, -0.2) is 9.18 Å². The number of hydrogen-bond donors (Lipinski definition) is 2. The number of piperidine rings is 1. The Hall–Kier alpha value is -2.80. The number of carboxylic acid groups (broad SMARTS) is 1. The molecular weight excluding hydrogens is 365 g/mol. The maximum absolute atomic E-state index is 13.5. The summed E-state index contributed by atoms with van der Waals surface area (Å²) < 4.78 is 24.2. The van der Waals surface area contributed by atoms with Gasteiger partial charge in [0.1, 0.15) is 11.4 Å². The molecule has 0 bridgehead atoms. The number of halogens is 1. The highest BCUT2D eigenvalue weighted by atomic mass is 19.1. The highest BCUT2D eigenvalue weighted by molar-refractivity contribution is 5.65. The lowest BCUT2D eigenvalue weighted by molar-refractivity contribution is -0.0123. The molecule has 0 aliphatic carbocycles. The molecule has 1 aliphatic heterocycles. The average Bonchev–Trinajstić information content (AvgIpc) is 2.73. The molecule has 0 spiro atoms. The van der Waals surface area contributed by atoms with Crippen molar-refractivity contribution in [1.82, 2.24) is 4.90 Å². The molecule has 0 radical (unpaired) electrons. The third-order valence-corrected chi connectivity index (χ3v) is 5.46. The second kappa shape index (κ2) is 8.06. The van der Waals surface area contributed by atoms with E-state index >= 15 is 0 Å². The van der Waals surface area contributed by atoms with Gasteiger partial charge in [0.2, 0.25) is 0 Å². The van der Waals surface area contributed by atoms with Crippen LogP contribution in [0.5, 0.6) is 11.5 Å². The second-order valence-electron chi connectivity index (χ2n) is 6.89. The van der Waals surface area contributed by atoms with E-state index in [2.05, 4.69) is 0 Å². The molecule has 28 heavy (non-hydrogen) atoms. The molecule has 1 heterocycles. The van der Waals surface area contributed by atoms with E-state index in [1.54, 1.807) is 30.3 Å². The van der Waals surface area contributed by atoms with Crippen LogP contribution in [-0.4, -0.2) is 48.5 Å². The Labute approximate surface area is 163 Å². The largest absolute Gasteiger partial charge is 0.493 e. The zero-order chi connectivity index (χ0) is 20.3. The summed E-state index contributed by atoms with van der Waals surface area (Å²) in [5, 5.41) is 21.1. The minimum absolute atomic E-state index is 0.244. The quantitative estimate of drug-likeness (QED) is 0.819. The van der Waals surface area contributed by atoms with Gasteiger partial charge in [0.25, 0.3) is 0 Å². The molecule has 3 rings (SSSR count). The molecule has 0 unspecified atom stereocenters. The van der Waals surface area contributed by atoms with E-state index in [4.69, 9.17) is 9.47 Å². The van der Waals surface area contributed by atoms with E-state index in [1.807, 2.05) is 0 Å². The maximum Gasteiger partial charge on any atom is 0.407 e. The van der Waals surface area contributed by atoms with Crippen molar-refractivity contribution < 1.29 is 28.9 Å². The molecule has 1 atom stereocenters. The van der Waals surface area contributed by atoms with E-state index in [9.17, 15) is 19.4 Å². The number of hydrogen-bond acceptors (Lipinski definition) is 4. The molecule has 0 aromatic heterocycles. The molecule has 7 heteroatoms. The summed E-state index contributed by atoms with van der Waals surface area (Å²) in [6, 6.07) is 10.9. The van der Waals surface area contributed by atoms with Crippen LogP contribution in [0.15, 0.2) is 42.5 Å². The number of nitrogens with zero attached hydrogens (tertiary/aromatic N) is 1. The van der Waals surface area contributed by atoms with E-state index in [0.29, 0.717) is 48.6 Å². The molecular formula is C21H24FNO5. The van der Waals surface area contributed by atoms with Crippen molar-refractivity contribution in [3.63, 3.8) is 0 Å². The summed E-state index contributed by atoms with van der Waals surface area (Å²) in [7, 11) is 3.05. The van der Waals surface area contributed by atoms with Crippen LogP contribution in [0, 0.1) is 11.7 Å². The van der Waals surface area contributed by atoms with Gasteiger partial charge in [-0.2, -0.15) is 0 Å². The first kappa shape index (κ1) is 19.9. The standard InChI is InChI=1S/C21H24FNO5/c1-27-18-8-5-16(13-19(18)28-2)21(26,14-3-6-17(22)7-4-14)15-9-11-23(12-10-15)20(24)25/h3-8,13,15,26H,9-12H2,1-2H3,(H,24,25)/t21-/m1/s1. The van der Waals surface area contributed by atoms with Gasteiger partial charge in [0.15, 0.2) is 11.5 Å². The van der Waals surface area contributed by atoms with E-state index in [-0.39, 0.29) is 11.7 Å². The van der Waals surface area contributed by atoms with Gasteiger partial charge in [-0.15, -0.1) is 0 Å². The monoisotopic (exact) mass is 389 g/mol. The first-order valence-electron chi connectivity index (χ1n) is 9.09. The topological polar surface area (TPSA) is 79.2 Å². The fourth-order valence-corrected chi connectivity index (χ4v) is 3.90. The predicted molar refractivity (Wildman–Crippen MR) is 101 cm³/mol. The van der Waals surface area contributed by atoms with Crippen molar-refractivity contribution in [3.05, 3.63) is 59.4 Å². The molecule has 1 fully saturated rings. The normalized spacial score (nSPS) is 17.1. The van der Waals surface area contributed by atoms with Gasteiger partial charge in [-0.3, -0.25) is 0 Å². The van der Waals surface area contributed by atoms with Gasteiger partial charge in [-0.05, 0) is 54.2 Å². The number of benzene rings is 2. The Morgan fingerprint density at radius 1 is 1.04 bits per heavy atom. The van der Waals surface area contributed by atoms with Crippen molar-refractivity contribution in [2.45, 2.75) is 18.4 Å². The molecule has 2 aromatic carbocycles. The minimum atomic E-state index is -1.42. The summed E-state index contributed by atoms with van der Waals surface area (Å²) in [4.78, 5) is 12.6. The van der Waals surface area contributed by atoms with Crippen LogP contribution in [0.1, 0.15) is 24.0 Å². The average molecular weight is 389 g/mol. The minimum Gasteiger partial charge on any atom is -0.493 e. The van der Waals surface area contributed by atoms with Gasteiger partial charge in [-0.1, -0.05) is 18.2 Å². The number of carbonyl (C=O) groups is 1. The van der Waals surface area contributed by atoms with Gasteiger partial charge in [0.05, 0.1) is 14.2 Å². The fraction of sp³-hybridized carbons (Fsp3) is 0.381. The van der Waals surface area contributed by atoms with Crippen LogP contribution >= 0.6 is 0 Å². The Morgan fingerprint density at radius 3 is 2.14 bits per heavy atom. The van der Waals surface area contributed by atoms with Crippen molar-refractivity contribution in [3.8, 4) is 11.5 Å². The highest BCUT2D eigenvalue weighted by Gasteiger charge is 2.42. The van der Waals surface area contributed by atoms with E-state index in [0.717, 1.165) is 0 Å². The summed E-state index contributed by atoms with van der Waals surface area (Å²) in [5.74, 6) is 0.377. The van der Waals surface area contributed by atoms with Crippen molar-refractivity contribution in [2.75, 3.05) is 27.3 Å². The number of methoxy groups -OCH3 is 2. The third-order valence-electron chi connectivity index (χ3n) is 5.46. The smallest absolute Gasteiger partial charge is 0.407 e. The van der Waals surface area contributed by atoms with Crippen LogP contribution < -0.4 is 9.47 Å². The first-order valence-corrected chi connectivity index (χ1v) is 9.09. The molecule has 6 nitrogen and oxygen atoms in total. The SMILES string of the molecule is COc1ccc([C@@](O)(c2ccc(F)cc2)C2CCN(C(=O)O)CC2)cc1OC. The Morgan fingerprint density at radius 2 is 1.61 bits per heavy atom. The molecule has 1 aliphatic rings. The molecule has 0 saturated carbocycles. The number of rotatable bonds is 5. The molecule has 2 N–H and O–H groups in total. The van der Waals surface area contributed by atoms with E-state index < -0.39 is 11.7 Å². The molecule has 1 saturated heterocycles. The summed E-state index contributed by atoms with van der Waals surface area (Å²) >= 11 is 0. The van der Waals surface area contributed by atoms with Crippen LogP contribution in [0.3, 0.4) is 0 Å². The van der Waals surface area contributed by atoms with Gasteiger partial charge in [0, 0.05) is 13.1 Å². The highest BCUT2D eigenvalue weighted by Crippen LogP contribution is 2.44. The molecule has 2 aromatic rings. The lowest BCUT2D eigenvalue weighted by Crippen LogP contribution is -2.45. The lowest BCUT2D eigenvalue weighted by atomic mass is 9.72. The summed E-state index contributed by atoms with van der Waals surface area (Å²) in [6.07, 6.45) is -0.00171. The Bertz CT molecular complexity index is 833. The van der Waals surface area contributed by atoms with Gasteiger partial charge >= 0.3 is 6.09 Å². The number of amides is 1. The number of ether oxygens (including phenoxy) is 2. The molecule has 1 amide bonds. The van der Waals surface area contributed by atoms with Crippen molar-refractivity contribution >= 4 is 6.09 Å².